The van der Waals surface area contributed by atoms with Crippen molar-refractivity contribution >= 4 is 0 Å². The van der Waals surface area contributed by atoms with E-state index in [1.54, 1.807) is 0 Å². The molecule has 0 saturated carbocycles. The van der Waals surface area contributed by atoms with Gasteiger partial charge in [0.25, 0.3) is 0 Å². The maximum atomic E-state index is 5.27. The Hall–Kier alpha value is -0.480. The summed E-state index contributed by atoms with van der Waals surface area (Å²) in [5, 5.41) is 3.47. The average Bonchev–Trinajstić information content (AvgIpc) is 2.36. The smallest absolute Gasteiger partial charge is 0.0238 e. The summed E-state index contributed by atoms with van der Waals surface area (Å²) in [7, 11) is 0. The molecule has 1 nitrogen and oxygen atoms in total. The van der Waals surface area contributed by atoms with E-state index in [0.717, 1.165) is 13.0 Å². The highest BCUT2D eigenvalue weighted by atomic mass is 14.9. The molecule has 1 unspecified atom stereocenters. The van der Waals surface area contributed by atoms with Crippen LogP contribution in [0, 0.1) is 12.3 Å². The first kappa shape index (κ1) is 17.5. The molecule has 0 aliphatic rings. The standard InChI is InChI=1S/C17H33N/c1-4-6-7-8-9-10-11-12-13-14-16-18-17(3)15-5-2/h2,17-18H,4,6-16H2,1,3H3. The van der Waals surface area contributed by atoms with E-state index >= 15 is 0 Å². The molecular weight excluding hydrogens is 218 g/mol. The molecule has 0 heterocycles. The minimum atomic E-state index is 0.480. The average molecular weight is 251 g/mol. The number of rotatable bonds is 13. The van der Waals surface area contributed by atoms with Crippen molar-refractivity contribution in [3.05, 3.63) is 0 Å². The first-order valence-electron chi connectivity index (χ1n) is 7.98. The van der Waals surface area contributed by atoms with E-state index in [4.69, 9.17) is 6.42 Å². The monoisotopic (exact) mass is 251 g/mol. The Morgan fingerprint density at radius 1 is 0.889 bits per heavy atom. The Labute approximate surface area is 115 Å². The fourth-order valence-electron chi connectivity index (χ4n) is 2.21. The Morgan fingerprint density at radius 3 is 1.89 bits per heavy atom. The second-order valence-corrected chi connectivity index (χ2v) is 5.45. The third kappa shape index (κ3) is 13.6. The molecule has 0 amide bonds. The number of terminal acetylenes is 1. The van der Waals surface area contributed by atoms with Crippen molar-refractivity contribution in [1.82, 2.24) is 5.32 Å². The Morgan fingerprint density at radius 2 is 1.39 bits per heavy atom. The van der Waals surface area contributed by atoms with Crippen molar-refractivity contribution in [2.45, 2.75) is 90.5 Å². The summed E-state index contributed by atoms with van der Waals surface area (Å²) in [6.07, 6.45) is 20.1. The maximum absolute atomic E-state index is 5.27. The molecule has 0 fully saturated rings. The highest BCUT2D eigenvalue weighted by Crippen LogP contribution is 2.10. The van der Waals surface area contributed by atoms with Crippen LogP contribution < -0.4 is 5.32 Å². The Balaban J connectivity index is 3.01. The predicted molar refractivity (Wildman–Crippen MR) is 82.8 cm³/mol. The summed E-state index contributed by atoms with van der Waals surface area (Å²) in [5.74, 6) is 2.69. The van der Waals surface area contributed by atoms with Gasteiger partial charge in [0.05, 0.1) is 0 Å². The Bertz CT molecular complexity index is 192. The number of hydrogen-bond donors (Lipinski definition) is 1. The van der Waals surface area contributed by atoms with Crippen LogP contribution in [0.1, 0.15) is 84.5 Å². The van der Waals surface area contributed by atoms with Gasteiger partial charge in [0.15, 0.2) is 0 Å². The van der Waals surface area contributed by atoms with Crippen LogP contribution in [-0.2, 0) is 0 Å². The van der Waals surface area contributed by atoms with Gasteiger partial charge in [0.2, 0.25) is 0 Å². The summed E-state index contributed by atoms with van der Waals surface area (Å²) in [4.78, 5) is 0. The van der Waals surface area contributed by atoms with Crippen molar-refractivity contribution in [2.24, 2.45) is 0 Å². The van der Waals surface area contributed by atoms with E-state index in [1.165, 1.54) is 64.2 Å². The molecule has 0 bridgehead atoms. The molecule has 0 aromatic heterocycles. The summed E-state index contributed by atoms with van der Waals surface area (Å²) in [6, 6.07) is 0.480. The molecule has 1 N–H and O–H groups in total. The fraction of sp³-hybridized carbons (Fsp3) is 0.882. The first-order valence-corrected chi connectivity index (χ1v) is 7.98. The summed E-state index contributed by atoms with van der Waals surface area (Å²) in [6.45, 7) is 5.56. The van der Waals surface area contributed by atoms with E-state index in [1.807, 2.05) is 0 Å². The third-order valence-corrected chi connectivity index (χ3v) is 3.45. The fourth-order valence-corrected chi connectivity index (χ4v) is 2.21. The van der Waals surface area contributed by atoms with E-state index in [9.17, 15) is 0 Å². The van der Waals surface area contributed by atoms with Gasteiger partial charge in [-0.2, -0.15) is 0 Å². The van der Waals surface area contributed by atoms with Crippen LogP contribution in [0.25, 0.3) is 0 Å². The molecule has 0 aliphatic heterocycles. The van der Waals surface area contributed by atoms with E-state index in [2.05, 4.69) is 25.1 Å². The summed E-state index contributed by atoms with van der Waals surface area (Å²) >= 11 is 0. The van der Waals surface area contributed by atoms with Crippen molar-refractivity contribution in [1.29, 1.82) is 0 Å². The van der Waals surface area contributed by atoms with Gasteiger partial charge in [0.1, 0.15) is 0 Å². The van der Waals surface area contributed by atoms with Crippen molar-refractivity contribution in [3.63, 3.8) is 0 Å². The minimum Gasteiger partial charge on any atom is -0.313 e. The zero-order chi connectivity index (χ0) is 13.5. The van der Waals surface area contributed by atoms with Gasteiger partial charge in [-0.1, -0.05) is 64.7 Å². The van der Waals surface area contributed by atoms with Crippen molar-refractivity contribution < 1.29 is 0 Å². The number of hydrogen-bond acceptors (Lipinski definition) is 1. The molecule has 0 radical (unpaired) electrons. The van der Waals surface area contributed by atoms with Crippen LogP contribution in [0.4, 0.5) is 0 Å². The zero-order valence-electron chi connectivity index (χ0n) is 12.6. The van der Waals surface area contributed by atoms with Crippen LogP contribution in [0.5, 0.6) is 0 Å². The quantitative estimate of drug-likeness (QED) is 0.362. The third-order valence-electron chi connectivity index (χ3n) is 3.45. The lowest BCUT2D eigenvalue weighted by molar-refractivity contribution is 0.512. The molecule has 0 aromatic rings. The minimum absolute atomic E-state index is 0.480. The van der Waals surface area contributed by atoms with E-state index in [-0.39, 0.29) is 0 Å². The summed E-state index contributed by atoms with van der Waals surface area (Å²) in [5.41, 5.74) is 0. The molecule has 0 aromatic carbocycles. The second kappa shape index (κ2) is 14.6. The van der Waals surface area contributed by atoms with E-state index < -0.39 is 0 Å². The molecule has 1 heteroatoms. The van der Waals surface area contributed by atoms with Gasteiger partial charge >= 0.3 is 0 Å². The zero-order valence-corrected chi connectivity index (χ0v) is 12.6. The number of unbranched alkanes of at least 4 members (excludes halogenated alkanes) is 9. The van der Waals surface area contributed by atoms with Crippen molar-refractivity contribution in [3.8, 4) is 12.3 Å². The molecule has 0 saturated heterocycles. The molecular formula is C17H33N. The molecule has 1 atom stereocenters. The van der Waals surface area contributed by atoms with Crippen molar-refractivity contribution in [2.75, 3.05) is 6.54 Å². The van der Waals surface area contributed by atoms with Gasteiger partial charge in [0, 0.05) is 12.5 Å². The topological polar surface area (TPSA) is 12.0 Å². The molecule has 0 spiro atoms. The lowest BCUT2D eigenvalue weighted by atomic mass is 10.1. The van der Waals surface area contributed by atoms with E-state index in [0.29, 0.717) is 6.04 Å². The maximum Gasteiger partial charge on any atom is 0.0238 e. The number of nitrogens with one attached hydrogen (secondary N) is 1. The van der Waals surface area contributed by atoms with Gasteiger partial charge in [-0.25, -0.2) is 0 Å². The molecule has 18 heavy (non-hydrogen) atoms. The van der Waals surface area contributed by atoms with Crippen LogP contribution in [0.3, 0.4) is 0 Å². The van der Waals surface area contributed by atoms with Crippen LogP contribution in [0.15, 0.2) is 0 Å². The predicted octanol–water partition coefficient (Wildman–Crippen LogP) is 4.91. The second-order valence-electron chi connectivity index (χ2n) is 5.45. The normalized spacial score (nSPS) is 12.3. The largest absolute Gasteiger partial charge is 0.313 e. The van der Waals surface area contributed by atoms with Gasteiger partial charge in [-0.3, -0.25) is 0 Å². The van der Waals surface area contributed by atoms with Crippen LogP contribution >= 0.6 is 0 Å². The Kier molecular flexibility index (Phi) is 14.2. The van der Waals surface area contributed by atoms with Crippen LogP contribution in [0.2, 0.25) is 0 Å². The molecule has 0 rings (SSSR count). The highest BCUT2D eigenvalue weighted by molar-refractivity contribution is 4.87. The first-order chi connectivity index (χ1) is 8.81. The lowest BCUT2D eigenvalue weighted by Crippen LogP contribution is -2.26. The van der Waals surface area contributed by atoms with Gasteiger partial charge < -0.3 is 5.32 Å². The summed E-state index contributed by atoms with van der Waals surface area (Å²) < 4.78 is 0. The molecule has 0 aliphatic carbocycles. The van der Waals surface area contributed by atoms with Crippen LogP contribution in [-0.4, -0.2) is 12.6 Å². The van der Waals surface area contributed by atoms with Gasteiger partial charge in [-0.15, -0.1) is 12.3 Å². The highest BCUT2D eigenvalue weighted by Gasteiger charge is 1.97. The van der Waals surface area contributed by atoms with Gasteiger partial charge in [-0.05, 0) is 19.9 Å². The lowest BCUT2D eigenvalue weighted by Gasteiger charge is -2.10. The molecule has 106 valence electrons. The SMILES string of the molecule is C#CCC(C)NCCCCCCCCCCCC.